The zero-order chi connectivity index (χ0) is 17.1. The van der Waals surface area contributed by atoms with E-state index < -0.39 is 0 Å². The Morgan fingerprint density at radius 3 is 3.00 bits per heavy atom. The zero-order valence-corrected chi connectivity index (χ0v) is 16.3. The van der Waals surface area contributed by atoms with E-state index in [1.807, 2.05) is 31.2 Å². The summed E-state index contributed by atoms with van der Waals surface area (Å²) < 4.78 is 0.997. The summed E-state index contributed by atoms with van der Waals surface area (Å²) in [5.41, 5.74) is 5.83. The number of hydrogen-bond acceptors (Lipinski definition) is 3. The minimum atomic E-state index is -0.114. The van der Waals surface area contributed by atoms with E-state index in [2.05, 4.69) is 39.4 Å². The largest absolute Gasteiger partial charge is 0.281 e. The van der Waals surface area contributed by atoms with Gasteiger partial charge in [-0.2, -0.15) is 5.10 Å². The second kappa shape index (κ2) is 7.62. The van der Waals surface area contributed by atoms with Crippen LogP contribution in [0.1, 0.15) is 52.4 Å². The number of carbonyl (C=O) groups is 1. The highest BCUT2D eigenvalue weighted by molar-refractivity contribution is 9.10. The molecule has 1 aromatic carbocycles. The number of hydrazone groups is 1. The van der Waals surface area contributed by atoms with Crippen LogP contribution in [0.2, 0.25) is 0 Å². The van der Waals surface area contributed by atoms with E-state index in [0.29, 0.717) is 0 Å². The van der Waals surface area contributed by atoms with E-state index in [-0.39, 0.29) is 5.91 Å². The van der Waals surface area contributed by atoms with Crippen LogP contribution < -0.4 is 5.43 Å². The number of halogens is 1. The maximum atomic E-state index is 12.4. The Kier molecular flexibility index (Phi) is 5.51. The summed E-state index contributed by atoms with van der Waals surface area (Å²) >= 11 is 5.07. The molecule has 3 nitrogen and oxygen atoms in total. The maximum absolute atomic E-state index is 12.4. The fraction of sp³-hybridized carbons (Fsp3) is 0.368. The lowest BCUT2D eigenvalue weighted by Gasteiger charge is -2.19. The molecular formula is C19H21BrN2OS. The van der Waals surface area contributed by atoms with Crippen LogP contribution in [0.4, 0.5) is 0 Å². The highest BCUT2D eigenvalue weighted by atomic mass is 79.9. The predicted octanol–water partition coefficient (Wildman–Crippen LogP) is 5.18. The normalized spacial score (nSPS) is 17.5. The number of fused-ring (bicyclic) bond motifs is 1. The molecule has 24 heavy (non-hydrogen) atoms. The molecule has 126 valence electrons. The van der Waals surface area contributed by atoms with Gasteiger partial charge in [0.15, 0.2) is 0 Å². The van der Waals surface area contributed by atoms with Crippen LogP contribution in [-0.2, 0) is 12.8 Å². The highest BCUT2D eigenvalue weighted by Crippen LogP contribution is 2.33. The molecule has 0 spiro atoms. The highest BCUT2D eigenvalue weighted by Gasteiger charge is 2.21. The lowest BCUT2D eigenvalue weighted by atomic mass is 9.87. The van der Waals surface area contributed by atoms with Crippen molar-refractivity contribution in [2.24, 2.45) is 11.0 Å². The fourth-order valence-corrected chi connectivity index (χ4v) is 4.52. The van der Waals surface area contributed by atoms with Crippen molar-refractivity contribution in [2.75, 3.05) is 0 Å². The number of benzene rings is 1. The van der Waals surface area contributed by atoms with Gasteiger partial charge in [-0.05, 0) is 61.4 Å². The average Bonchev–Trinajstić information content (AvgIpc) is 3.02. The minimum Gasteiger partial charge on any atom is -0.266 e. The number of aryl methyl sites for hydroxylation is 1. The molecule has 1 aliphatic rings. The molecule has 0 unspecified atom stereocenters. The van der Waals surface area contributed by atoms with Crippen LogP contribution >= 0.6 is 27.3 Å². The van der Waals surface area contributed by atoms with Gasteiger partial charge in [0.25, 0.3) is 5.91 Å². The molecule has 5 heteroatoms. The van der Waals surface area contributed by atoms with Gasteiger partial charge >= 0.3 is 0 Å². The van der Waals surface area contributed by atoms with Crippen LogP contribution in [-0.4, -0.2) is 11.6 Å². The van der Waals surface area contributed by atoms with Crippen molar-refractivity contribution in [1.82, 2.24) is 5.43 Å². The van der Waals surface area contributed by atoms with Gasteiger partial charge < -0.3 is 0 Å². The van der Waals surface area contributed by atoms with E-state index >= 15 is 0 Å². The second-order valence-corrected chi connectivity index (χ2v) is 8.28. The van der Waals surface area contributed by atoms with Crippen molar-refractivity contribution in [1.29, 1.82) is 0 Å². The van der Waals surface area contributed by atoms with Gasteiger partial charge in [0, 0.05) is 9.35 Å². The molecule has 1 atom stereocenters. The quantitative estimate of drug-likeness (QED) is 0.553. The Bertz CT molecular complexity index is 781. The number of amides is 1. The van der Waals surface area contributed by atoms with Gasteiger partial charge in [0.05, 0.1) is 10.6 Å². The summed E-state index contributed by atoms with van der Waals surface area (Å²) in [6, 6.07) is 9.94. The average molecular weight is 405 g/mol. The van der Waals surface area contributed by atoms with Gasteiger partial charge in [-0.1, -0.05) is 41.4 Å². The first-order chi connectivity index (χ1) is 11.6. The zero-order valence-electron chi connectivity index (χ0n) is 13.9. The third-order valence-corrected chi connectivity index (χ3v) is 6.28. The molecule has 1 aromatic heterocycles. The van der Waals surface area contributed by atoms with Crippen LogP contribution in [0.5, 0.6) is 0 Å². The molecule has 0 fully saturated rings. The number of rotatable bonds is 4. The van der Waals surface area contributed by atoms with Gasteiger partial charge in [-0.25, -0.2) is 5.43 Å². The maximum Gasteiger partial charge on any atom is 0.281 e. The summed E-state index contributed by atoms with van der Waals surface area (Å²) in [6.45, 7) is 4.14. The summed E-state index contributed by atoms with van der Waals surface area (Å²) in [5.74, 6) is 0.650. The first-order valence-corrected chi connectivity index (χ1v) is 9.90. The summed E-state index contributed by atoms with van der Waals surface area (Å²) in [7, 11) is 0. The summed E-state index contributed by atoms with van der Waals surface area (Å²) in [4.78, 5) is 14.5. The molecule has 3 rings (SSSR count). The molecule has 1 heterocycles. The van der Waals surface area contributed by atoms with Crippen LogP contribution in [0, 0.1) is 5.92 Å². The molecule has 0 radical (unpaired) electrons. The Hall–Kier alpha value is -1.46. The topological polar surface area (TPSA) is 41.5 Å². The molecule has 0 saturated heterocycles. The molecule has 0 aliphatic heterocycles. The Morgan fingerprint density at radius 2 is 2.25 bits per heavy atom. The molecule has 0 bridgehead atoms. The standard InChI is InChI=1S/C19H21BrN2OS/c1-3-13-7-8-17-15(9-13)11-18(24-17)19(23)22-21-12(2)14-5-4-6-16(20)10-14/h4-6,10-11,13H,3,7-9H2,1-2H3,(H,22,23)/b21-12-/t13-/m1/s1. The van der Waals surface area contributed by atoms with E-state index in [9.17, 15) is 4.79 Å². The third kappa shape index (κ3) is 3.95. The molecule has 1 aliphatic carbocycles. The van der Waals surface area contributed by atoms with Crippen molar-refractivity contribution < 1.29 is 4.79 Å². The van der Waals surface area contributed by atoms with Crippen LogP contribution in [0.15, 0.2) is 39.9 Å². The Morgan fingerprint density at radius 1 is 1.42 bits per heavy atom. The van der Waals surface area contributed by atoms with E-state index in [0.717, 1.165) is 39.4 Å². The van der Waals surface area contributed by atoms with Gasteiger partial charge in [-0.3, -0.25) is 4.79 Å². The van der Waals surface area contributed by atoms with Crippen molar-refractivity contribution in [3.8, 4) is 0 Å². The number of thiophene rings is 1. The molecular weight excluding hydrogens is 384 g/mol. The lowest BCUT2D eigenvalue weighted by molar-refractivity contribution is 0.0959. The minimum absolute atomic E-state index is 0.114. The van der Waals surface area contributed by atoms with E-state index in [1.165, 1.54) is 23.3 Å². The van der Waals surface area contributed by atoms with Gasteiger partial charge in [0.2, 0.25) is 0 Å². The van der Waals surface area contributed by atoms with Gasteiger partial charge in [0.1, 0.15) is 0 Å². The van der Waals surface area contributed by atoms with Crippen molar-refractivity contribution in [3.05, 3.63) is 55.7 Å². The van der Waals surface area contributed by atoms with E-state index in [1.54, 1.807) is 11.3 Å². The van der Waals surface area contributed by atoms with Crippen molar-refractivity contribution in [3.63, 3.8) is 0 Å². The monoisotopic (exact) mass is 404 g/mol. The smallest absolute Gasteiger partial charge is 0.266 e. The lowest BCUT2D eigenvalue weighted by Crippen LogP contribution is -2.18. The molecule has 2 aromatic rings. The molecule has 0 saturated carbocycles. The van der Waals surface area contributed by atoms with Crippen LogP contribution in [0.25, 0.3) is 0 Å². The summed E-state index contributed by atoms with van der Waals surface area (Å²) in [6.07, 6.45) is 4.67. The number of nitrogens with one attached hydrogen (secondary N) is 1. The molecule has 1 amide bonds. The number of hydrogen-bond donors (Lipinski definition) is 1. The van der Waals surface area contributed by atoms with Crippen LogP contribution in [0.3, 0.4) is 0 Å². The summed E-state index contributed by atoms with van der Waals surface area (Å²) in [5, 5.41) is 4.25. The van der Waals surface area contributed by atoms with Crippen molar-refractivity contribution in [2.45, 2.75) is 39.5 Å². The first-order valence-electron chi connectivity index (χ1n) is 8.29. The Balaban J connectivity index is 1.69. The SMILES string of the molecule is CC[C@@H]1CCc2sc(C(=O)N/N=C(/C)c3cccc(Br)c3)cc2C1. The van der Waals surface area contributed by atoms with Gasteiger partial charge in [-0.15, -0.1) is 11.3 Å². The first kappa shape index (κ1) is 17.4. The molecule has 1 N–H and O–H groups in total. The predicted molar refractivity (Wildman–Crippen MR) is 104 cm³/mol. The number of nitrogens with zero attached hydrogens (tertiary/aromatic N) is 1. The van der Waals surface area contributed by atoms with E-state index in [4.69, 9.17) is 0 Å². The second-order valence-electron chi connectivity index (χ2n) is 6.22. The fourth-order valence-electron chi connectivity index (χ4n) is 3.03. The third-order valence-electron chi connectivity index (χ3n) is 4.55. The number of carbonyl (C=O) groups excluding carboxylic acids is 1. The van der Waals surface area contributed by atoms with Crippen molar-refractivity contribution >= 4 is 38.9 Å². The Labute approximate surface area is 155 Å².